The summed E-state index contributed by atoms with van der Waals surface area (Å²) >= 11 is 1.59. The minimum absolute atomic E-state index is 0.417. The van der Waals surface area contributed by atoms with Crippen molar-refractivity contribution in [2.24, 2.45) is 0 Å². The van der Waals surface area contributed by atoms with Crippen LogP contribution in [-0.2, 0) is 0 Å². The van der Waals surface area contributed by atoms with E-state index in [2.05, 4.69) is 0 Å². The van der Waals surface area contributed by atoms with Crippen molar-refractivity contribution in [3.8, 4) is 0 Å². The normalized spacial score (nSPS) is 16.7. The van der Waals surface area contributed by atoms with Gasteiger partial charge in [0.1, 0.15) is 0 Å². The predicted molar refractivity (Wildman–Crippen MR) is 34.3 cm³/mol. The van der Waals surface area contributed by atoms with E-state index in [-0.39, 0.29) is 0 Å². The molecule has 0 amide bonds. The average molecular weight is 164 g/mol. The summed E-state index contributed by atoms with van der Waals surface area (Å²) in [4.78, 5) is 0. The van der Waals surface area contributed by atoms with Crippen LogP contribution in [0, 0.1) is 0 Å². The summed E-state index contributed by atoms with van der Waals surface area (Å²) in [6.07, 6.45) is 0. The first kappa shape index (κ1) is 7.52. The monoisotopic (exact) mass is 164 g/mol. The van der Waals surface area contributed by atoms with Gasteiger partial charge in [0.2, 0.25) is 0 Å². The van der Waals surface area contributed by atoms with E-state index in [0.29, 0.717) is 4.71 Å². The Morgan fingerprint density at radius 1 is 1.57 bits per heavy atom. The molecule has 0 radical (unpaired) electrons. The average Bonchev–Trinajstić information content (AvgIpc) is 1.31. The van der Waals surface area contributed by atoms with Crippen LogP contribution in [0.3, 0.4) is 0 Å². The van der Waals surface area contributed by atoms with E-state index in [0.717, 1.165) is 0 Å². The van der Waals surface area contributed by atoms with E-state index in [4.69, 9.17) is 5.11 Å². The van der Waals surface area contributed by atoms with Crippen LogP contribution in [0.15, 0.2) is 0 Å². The summed E-state index contributed by atoms with van der Waals surface area (Å²) in [7, 11) is 0. The molecule has 2 atom stereocenters. The zero-order valence-electron chi connectivity index (χ0n) is 5.10. The van der Waals surface area contributed by atoms with Gasteiger partial charge < -0.3 is 0 Å². The van der Waals surface area contributed by atoms with Gasteiger partial charge in [-0.25, -0.2) is 0 Å². The van der Waals surface area contributed by atoms with Gasteiger partial charge in [-0.2, -0.15) is 0 Å². The fraction of sp³-hybridized carbons (Fsp3) is 1.00. The molecule has 7 heavy (non-hydrogen) atoms. The number of hydrogen-bond donors (Lipinski definition) is 1. The number of aliphatic hydroxyl groups is 1. The van der Waals surface area contributed by atoms with Gasteiger partial charge in [-0.05, 0) is 0 Å². The molecule has 0 aliphatic carbocycles. The SMILES string of the molecule is CC([AsH2])C(C)(C)O. The van der Waals surface area contributed by atoms with Crippen molar-refractivity contribution in [2.45, 2.75) is 31.1 Å². The summed E-state index contributed by atoms with van der Waals surface area (Å²) < 4.78 is 0.417. The van der Waals surface area contributed by atoms with E-state index in [1.807, 2.05) is 20.8 Å². The van der Waals surface area contributed by atoms with Crippen molar-refractivity contribution in [1.29, 1.82) is 0 Å². The van der Waals surface area contributed by atoms with E-state index >= 15 is 0 Å². The van der Waals surface area contributed by atoms with Gasteiger partial charge in [0.15, 0.2) is 0 Å². The maximum absolute atomic E-state index is 9.11. The molecule has 0 rings (SSSR count). The molecule has 0 bridgehead atoms. The Morgan fingerprint density at radius 3 is 1.71 bits per heavy atom. The summed E-state index contributed by atoms with van der Waals surface area (Å²) in [5.41, 5.74) is -0.472. The van der Waals surface area contributed by atoms with Crippen molar-refractivity contribution in [2.75, 3.05) is 0 Å². The van der Waals surface area contributed by atoms with Crippen LogP contribution in [0.1, 0.15) is 20.8 Å². The van der Waals surface area contributed by atoms with Crippen LogP contribution < -0.4 is 0 Å². The molecule has 0 heterocycles. The van der Waals surface area contributed by atoms with Crippen molar-refractivity contribution in [3.05, 3.63) is 0 Å². The molecule has 0 fully saturated rings. The first-order valence-corrected chi connectivity index (χ1v) is 3.82. The van der Waals surface area contributed by atoms with Crippen molar-refractivity contribution in [3.63, 3.8) is 0 Å². The third-order valence-electron chi connectivity index (χ3n) is 1.11. The van der Waals surface area contributed by atoms with Crippen LogP contribution in [0.2, 0.25) is 4.71 Å². The van der Waals surface area contributed by atoms with Gasteiger partial charge in [0.05, 0.1) is 0 Å². The van der Waals surface area contributed by atoms with E-state index in [9.17, 15) is 0 Å². The van der Waals surface area contributed by atoms with Gasteiger partial charge in [-0.1, -0.05) is 0 Å². The second-order valence-corrected chi connectivity index (χ2v) is 4.54. The molecule has 1 N–H and O–H groups in total. The summed E-state index contributed by atoms with van der Waals surface area (Å²) in [6, 6.07) is 0. The zero-order valence-corrected chi connectivity index (χ0v) is 7.52. The van der Waals surface area contributed by atoms with Gasteiger partial charge in [0.25, 0.3) is 0 Å². The Hall–Kier alpha value is 0.518. The van der Waals surface area contributed by atoms with Gasteiger partial charge in [-0.15, -0.1) is 0 Å². The van der Waals surface area contributed by atoms with Crippen LogP contribution >= 0.6 is 0 Å². The van der Waals surface area contributed by atoms with Gasteiger partial charge >= 0.3 is 53.0 Å². The quantitative estimate of drug-likeness (QED) is 0.549. The summed E-state index contributed by atoms with van der Waals surface area (Å²) in [5.74, 6) is 0. The van der Waals surface area contributed by atoms with Crippen LogP contribution in [-0.4, -0.2) is 27.6 Å². The molecule has 2 heteroatoms. The Kier molecular flexibility index (Phi) is 2.35. The molecule has 0 aliphatic rings. The summed E-state index contributed by atoms with van der Waals surface area (Å²) in [5, 5.41) is 9.11. The Labute approximate surface area is 53.6 Å². The molecule has 2 unspecified atom stereocenters. The standard InChI is InChI=1S/C5H13AsO/c1-4(6)5(2,3)7/h4,7H,6H2,1-3H3. The molecular weight excluding hydrogens is 151 g/mol. The van der Waals surface area contributed by atoms with Crippen LogP contribution in [0.4, 0.5) is 0 Å². The molecule has 0 saturated heterocycles. The Bertz CT molecular complexity index is 53.6. The van der Waals surface area contributed by atoms with E-state index in [1.165, 1.54) is 0 Å². The molecule has 0 spiro atoms. The third-order valence-corrected chi connectivity index (χ3v) is 2.83. The molecule has 0 aromatic heterocycles. The van der Waals surface area contributed by atoms with Crippen molar-refractivity contribution >= 4 is 16.9 Å². The van der Waals surface area contributed by atoms with Crippen LogP contribution in [0.5, 0.6) is 0 Å². The molecule has 44 valence electrons. The summed E-state index contributed by atoms with van der Waals surface area (Å²) in [6.45, 7) is 5.69. The first-order chi connectivity index (χ1) is 2.94. The van der Waals surface area contributed by atoms with Crippen molar-refractivity contribution < 1.29 is 5.11 Å². The van der Waals surface area contributed by atoms with Crippen molar-refractivity contribution in [1.82, 2.24) is 0 Å². The molecular formula is C5H13AsO. The molecule has 0 saturated carbocycles. The van der Waals surface area contributed by atoms with Crippen LogP contribution in [0.25, 0.3) is 0 Å². The van der Waals surface area contributed by atoms with Gasteiger partial charge in [-0.3, -0.25) is 0 Å². The number of rotatable bonds is 1. The molecule has 1 nitrogen and oxygen atoms in total. The Morgan fingerprint density at radius 2 is 1.71 bits per heavy atom. The topological polar surface area (TPSA) is 20.2 Å². The van der Waals surface area contributed by atoms with E-state index < -0.39 is 5.60 Å². The predicted octanol–water partition coefficient (Wildman–Crippen LogP) is 0.199. The molecule has 0 aromatic rings. The maximum atomic E-state index is 9.11. The fourth-order valence-corrected chi connectivity index (χ4v) is 0. The van der Waals surface area contributed by atoms with E-state index in [1.54, 1.807) is 16.9 Å². The second-order valence-electron chi connectivity index (χ2n) is 2.44. The molecule has 0 aliphatic heterocycles. The third kappa shape index (κ3) is 3.13. The minimum atomic E-state index is -0.472. The number of hydrogen-bond acceptors (Lipinski definition) is 1. The van der Waals surface area contributed by atoms with Gasteiger partial charge in [0, 0.05) is 0 Å². The zero-order chi connectivity index (χ0) is 6.08. The fourth-order valence-electron chi connectivity index (χ4n) is 0. The molecule has 0 aromatic carbocycles. The Balaban J connectivity index is 3.54. The first-order valence-electron chi connectivity index (χ1n) is 2.42. The second kappa shape index (κ2) is 2.19.